The number of rotatable bonds is 5. The molecule has 0 aliphatic heterocycles. The van der Waals surface area contributed by atoms with Gasteiger partial charge < -0.3 is 9.84 Å². The summed E-state index contributed by atoms with van der Waals surface area (Å²) in [4.78, 5) is 15.9. The number of hydrogen-bond donors (Lipinski definition) is 1. The first-order chi connectivity index (χ1) is 12.1. The zero-order valence-electron chi connectivity index (χ0n) is 13.6. The van der Waals surface area contributed by atoms with Crippen molar-refractivity contribution in [3.8, 4) is 17.0 Å². The molecular weight excluding hydrogens is 338 g/mol. The van der Waals surface area contributed by atoms with E-state index in [9.17, 15) is 9.90 Å². The Labute approximate surface area is 150 Å². The van der Waals surface area contributed by atoms with Crippen LogP contribution >= 0.6 is 11.6 Å². The standard InChI is InChI=1S/C20H16ClNO3/c1-13-18(15-8-5-9-16(21)10-15)22-11-17(20(23)24)19(13)25-12-14-6-3-2-4-7-14/h2-11H,12H2,1H3,(H,23,24). The maximum Gasteiger partial charge on any atom is 0.341 e. The third-order valence-electron chi connectivity index (χ3n) is 3.82. The highest BCUT2D eigenvalue weighted by molar-refractivity contribution is 6.30. The van der Waals surface area contributed by atoms with Crippen LogP contribution in [0.5, 0.6) is 5.75 Å². The molecule has 25 heavy (non-hydrogen) atoms. The first-order valence-electron chi connectivity index (χ1n) is 7.72. The SMILES string of the molecule is Cc1c(-c2cccc(Cl)c2)ncc(C(=O)O)c1OCc1ccccc1. The van der Waals surface area contributed by atoms with Crippen molar-refractivity contribution in [1.82, 2.24) is 4.98 Å². The van der Waals surface area contributed by atoms with E-state index in [4.69, 9.17) is 16.3 Å². The Morgan fingerprint density at radius 3 is 2.60 bits per heavy atom. The summed E-state index contributed by atoms with van der Waals surface area (Å²) in [6, 6.07) is 16.9. The summed E-state index contributed by atoms with van der Waals surface area (Å²) in [5.74, 6) is -0.752. The quantitative estimate of drug-likeness (QED) is 0.702. The zero-order valence-corrected chi connectivity index (χ0v) is 14.3. The molecular formula is C20H16ClNO3. The molecule has 0 bridgehead atoms. The molecule has 0 radical (unpaired) electrons. The van der Waals surface area contributed by atoms with E-state index < -0.39 is 5.97 Å². The van der Waals surface area contributed by atoms with Gasteiger partial charge in [0, 0.05) is 22.3 Å². The van der Waals surface area contributed by atoms with Crippen LogP contribution in [-0.2, 0) is 6.61 Å². The Morgan fingerprint density at radius 2 is 1.92 bits per heavy atom. The summed E-state index contributed by atoms with van der Waals surface area (Å²) in [5.41, 5.74) is 3.12. The van der Waals surface area contributed by atoms with E-state index in [0.717, 1.165) is 11.1 Å². The molecule has 1 N–H and O–H groups in total. The van der Waals surface area contributed by atoms with Crippen LogP contribution < -0.4 is 4.74 Å². The van der Waals surface area contributed by atoms with Crippen molar-refractivity contribution in [2.75, 3.05) is 0 Å². The summed E-state index contributed by atoms with van der Waals surface area (Å²) in [5, 5.41) is 10.0. The second-order valence-electron chi connectivity index (χ2n) is 5.56. The van der Waals surface area contributed by atoms with Crippen LogP contribution in [0.4, 0.5) is 0 Å². The number of carbonyl (C=O) groups is 1. The van der Waals surface area contributed by atoms with Gasteiger partial charge in [-0.2, -0.15) is 0 Å². The van der Waals surface area contributed by atoms with Crippen LogP contribution in [0.25, 0.3) is 11.3 Å². The fraction of sp³-hybridized carbons (Fsp3) is 0.100. The highest BCUT2D eigenvalue weighted by Crippen LogP contribution is 2.32. The van der Waals surface area contributed by atoms with Crippen molar-refractivity contribution in [2.24, 2.45) is 0 Å². The third kappa shape index (κ3) is 3.80. The summed E-state index contributed by atoms with van der Waals surface area (Å²) < 4.78 is 5.85. The monoisotopic (exact) mass is 353 g/mol. The van der Waals surface area contributed by atoms with Gasteiger partial charge in [0.2, 0.25) is 0 Å². The van der Waals surface area contributed by atoms with Gasteiger partial charge in [-0.1, -0.05) is 54.1 Å². The number of hydrogen-bond acceptors (Lipinski definition) is 3. The molecule has 0 fully saturated rings. The molecule has 126 valence electrons. The molecule has 4 nitrogen and oxygen atoms in total. The lowest BCUT2D eigenvalue weighted by molar-refractivity contribution is 0.0691. The Hall–Kier alpha value is -2.85. The van der Waals surface area contributed by atoms with E-state index in [-0.39, 0.29) is 12.2 Å². The van der Waals surface area contributed by atoms with Crippen molar-refractivity contribution >= 4 is 17.6 Å². The van der Waals surface area contributed by atoms with Gasteiger partial charge in [0.15, 0.2) is 0 Å². The largest absolute Gasteiger partial charge is 0.488 e. The van der Waals surface area contributed by atoms with E-state index in [1.807, 2.05) is 42.5 Å². The zero-order chi connectivity index (χ0) is 17.8. The van der Waals surface area contributed by atoms with Gasteiger partial charge in [0.1, 0.15) is 17.9 Å². The average Bonchev–Trinajstić information content (AvgIpc) is 2.61. The van der Waals surface area contributed by atoms with E-state index in [2.05, 4.69) is 4.98 Å². The number of nitrogens with zero attached hydrogens (tertiary/aromatic N) is 1. The average molecular weight is 354 g/mol. The maximum absolute atomic E-state index is 11.5. The fourth-order valence-corrected chi connectivity index (χ4v) is 2.78. The molecule has 3 aromatic rings. The molecule has 0 aliphatic rings. The highest BCUT2D eigenvalue weighted by Gasteiger charge is 2.19. The van der Waals surface area contributed by atoms with Gasteiger partial charge in [-0.3, -0.25) is 4.98 Å². The van der Waals surface area contributed by atoms with E-state index in [0.29, 0.717) is 22.0 Å². The lowest BCUT2D eigenvalue weighted by Crippen LogP contribution is -2.07. The minimum Gasteiger partial charge on any atom is -0.488 e. The van der Waals surface area contributed by atoms with Gasteiger partial charge in [-0.15, -0.1) is 0 Å². The van der Waals surface area contributed by atoms with Gasteiger partial charge >= 0.3 is 5.97 Å². The van der Waals surface area contributed by atoms with Crippen molar-refractivity contribution in [3.05, 3.63) is 82.5 Å². The number of pyridine rings is 1. The number of ether oxygens (including phenoxy) is 1. The first-order valence-corrected chi connectivity index (χ1v) is 8.09. The summed E-state index contributed by atoms with van der Waals surface area (Å²) in [6.07, 6.45) is 1.33. The van der Waals surface area contributed by atoms with E-state index >= 15 is 0 Å². The molecule has 0 atom stereocenters. The summed E-state index contributed by atoms with van der Waals surface area (Å²) in [7, 11) is 0. The number of carboxylic acids is 1. The van der Waals surface area contributed by atoms with Crippen molar-refractivity contribution in [1.29, 1.82) is 0 Å². The Kier molecular flexibility index (Phi) is 5.00. The molecule has 0 aliphatic carbocycles. The first kappa shape index (κ1) is 17.0. The van der Waals surface area contributed by atoms with Crippen molar-refractivity contribution in [3.63, 3.8) is 0 Å². The van der Waals surface area contributed by atoms with E-state index in [1.54, 1.807) is 19.1 Å². The minimum atomic E-state index is -1.07. The van der Waals surface area contributed by atoms with Crippen LogP contribution in [0.3, 0.4) is 0 Å². The molecule has 5 heteroatoms. The number of aromatic nitrogens is 1. The second kappa shape index (κ2) is 7.36. The Bertz CT molecular complexity index is 910. The predicted molar refractivity (Wildman–Crippen MR) is 97.2 cm³/mol. The van der Waals surface area contributed by atoms with Gasteiger partial charge in [0.25, 0.3) is 0 Å². The number of aromatic carboxylic acids is 1. The van der Waals surface area contributed by atoms with Crippen LogP contribution in [-0.4, -0.2) is 16.1 Å². The van der Waals surface area contributed by atoms with Crippen LogP contribution in [0.2, 0.25) is 5.02 Å². The van der Waals surface area contributed by atoms with Crippen molar-refractivity contribution < 1.29 is 14.6 Å². The maximum atomic E-state index is 11.5. The normalized spacial score (nSPS) is 10.5. The molecule has 2 aromatic carbocycles. The van der Waals surface area contributed by atoms with Crippen LogP contribution in [0.15, 0.2) is 60.8 Å². The minimum absolute atomic E-state index is 0.0409. The summed E-state index contributed by atoms with van der Waals surface area (Å²) >= 11 is 6.06. The molecule has 0 spiro atoms. The highest BCUT2D eigenvalue weighted by atomic mass is 35.5. The molecule has 1 aromatic heterocycles. The number of carboxylic acid groups (broad SMARTS) is 1. The Morgan fingerprint density at radius 1 is 1.16 bits per heavy atom. The van der Waals surface area contributed by atoms with Gasteiger partial charge in [0.05, 0.1) is 5.69 Å². The predicted octanol–water partition coefficient (Wildman–Crippen LogP) is 4.99. The second-order valence-corrected chi connectivity index (χ2v) is 6.00. The third-order valence-corrected chi connectivity index (χ3v) is 4.05. The molecule has 1 heterocycles. The smallest absolute Gasteiger partial charge is 0.341 e. The molecule has 3 rings (SSSR count). The molecule has 0 saturated heterocycles. The van der Waals surface area contributed by atoms with Crippen LogP contribution in [0.1, 0.15) is 21.5 Å². The topological polar surface area (TPSA) is 59.4 Å². The van der Waals surface area contributed by atoms with Gasteiger partial charge in [-0.05, 0) is 24.6 Å². The lowest BCUT2D eigenvalue weighted by Gasteiger charge is -2.15. The molecule has 0 unspecified atom stereocenters. The van der Waals surface area contributed by atoms with Gasteiger partial charge in [-0.25, -0.2) is 4.79 Å². The van der Waals surface area contributed by atoms with E-state index in [1.165, 1.54) is 6.20 Å². The number of halogens is 1. The van der Waals surface area contributed by atoms with Crippen LogP contribution in [0, 0.1) is 6.92 Å². The lowest BCUT2D eigenvalue weighted by atomic mass is 10.0. The van der Waals surface area contributed by atoms with Crippen molar-refractivity contribution in [2.45, 2.75) is 13.5 Å². The number of benzene rings is 2. The summed E-state index contributed by atoms with van der Waals surface area (Å²) in [6.45, 7) is 2.08. The molecule has 0 saturated carbocycles. The fourth-order valence-electron chi connectivity index (χ4n) is 2.59. The Balaban J connectivity index is 2.02. The molecule has 0 amide bonds.